The van der Waals surface area contributed by atoms with Crippen molar-refractivity contribution in [3.63, 3.8) is 0 Å². The van der Waals surface area contributed by atoms with Crippen molar-refractivity contribution in [3.8, 4) is 0 Å². The molecular formula is C24H22N2O2. The van der Waals surface area contributed by atoms with E-state index >= 15 is 0 Å². The summed E-state index contributed by atoms with van der Waals surface area (Å²) in [5, 5.41) is 0. The van der Waals surface area contributed by atoms with Crippen LogP contribution in [0.2, 0.25) is 0 Å². The molecule has 1 fully saturated rings. The second-order valence-electron chi connectivity index (χ2n) is 7.44. The van der Waals surface area contributed by atoms with Crippen molar-refractivity contribution < 1.29 is 9.63 Å². The summed E-state index contributed by atoms with van der Waals surface area (Å²) in [7, 11) is 0. The number of carbonyl (C=O) groups is 1. The van der Waals surface area contributed by atoms with Gasteiger partial charge in [-0.3, -0.25) is 4.90 Å². The number of nitrogens with zero attached hydrogens (tertiary/aromatic N) is 1. The third-order valence-electron chi connectivity index (χ3n) is 5.66. The van der Waals surface area contributed by atoms with Gasteiger partial charge in [0.2, 0.25) is 0 Å². The van der Waals surface area contributed by atoms with E-state index in [-0.39, 0.29) is 12.3 Å². The molecule has 4 nitrogen and oxygen atoms in total. The van der Waals surface area contributed by atoms with Crippen LogP contribution in [-0.4, -0.2) is 6.09 Å². The molecule has 0 radical (unpaired) electrons. The predicted octanol–water partition coefficient (Wildman–Crippen LogP) is 4.73. The number of nitrogens with one attached hydrogen (secondary N) is 1. The summed E-state index contributed by atoms with van der Waals surface area (Å²) in [4.78, 5) is 19.4. The molecule has 1 heterocycles. The lowest BCUT2D eigenvalue weighted by molar-refractivity contribution is 0.121. The first-order valence-electron chi connectivity index (χ1n) is 9.78. The number of anilines is 1. The highest BCUT2D eigenvalue weighted by atomic mass is 16.7. The lowest BCUT2D eigenvalue weighted by atomic mass is 9.92. The standard InChI is InChI=1S/C24H22N2O2/c27-24-26(21-4-2-1-3-5-21)23(25-28-24)22-16-19-11-10-17-6-8-18(9-7-17)12-14-20(22)15-13-19/h1-9,13,15-16,23,25H,10-12,14H2/t23-/m1/s1. The second kappa shape index (κ2) is 7.13. The zero-order valence-electron chi connectivity index (χ0n) is 15.6. The number of hydroxylamine groups is 1. The van der Waals surface area contributed by atoms with E-state index in [0.717, 1.165) is 36.9 Å². The van der Waals surface area contributed by atoms with E-state index < -0.39 is 0 Å². The maximum atomic E-state index is 12.5. The Hall–Kier alpha value is -3.11. The topological polar surface area (TPSA) is 41.6 Å². The Kier molecular flexibility index (Phi) is 4.34. The van der Waals surface area contributed by atoms with Crippen molar-refractivity contribution in [3.05, 3.63) is 101 Å². The summed E-state index contributed by atoms with van der Waals surface area (Å²) in [6.07, 6.45) is 3.18. The third kappa shape index (κ3) is 3.16. The maximum Gasteiger partial charge on any atom is 0.435 e. The highest BCUT2D eigenvalue weighted by Gasteiger charge is 2.36. The minimum Gasteiger partial charge on any atom is -0.351 e. The number of hydrogen-bond donors (Lipinski definition) is 1. The number of rotatable bonds is 2. The molecule has 0 unspecified atom stereocenters. The number of hydrogen-bond acceptors (Lipinski definition) is 3. The average molecular weight is 370 g/mol. The van der Waals surface area contributed by atoms with Crippen LogP contribution in [0.3, 0.4) is 0 Å². The molecule has 28 heavy (non-hydrogen) atoms. The molecule has 0 saturated carbocycles. The fourth-order valence-electron chi connectivity index (χ4n) is 4.08. The number of aryl methyl sites for hydroxylation is 4. The Labute approximate surface area is 164 Å². The molecule has 1 aliphatic heterocycles. The van der Waals surface area contributed by atoms with Crippen molar-refractivity contribution in [1.82, 2.24) is 5.48 Å². The van der Waals surface area contributed by atoms with E-state index in [9.17, 15) is 4.79 Å². The number of para-hydroxylation sites is 1. The molecule has 3 aromatic carbocycles. The Morgan fingerprint density at radius 3 is 2.18 bits per heavy atom. The number of amides is 1. The van der Waals surface area contributed by atoms with E-state index in [4.69, 9.17) is 4.84 Å². The summed E-state index contributed by atoms with van der Waals surface area (Å²) in [5.41, 5.74) is 10.1. The molecule has 140 valence electrons. The van der Waals surface area contributed by atoms with Gasteiger partial charge in [-0.15, -0.1) is 5.48 Å². The molecule has 4 aliphatic carbocycles. The van der Waals surface area contributed by atoms with Crippen molar-refractivity contribution in [2.75, 3.05) is 4.90 Å². The fourth-order valence-corrected chi connectivity index (χ4v) is 4.08. The van der Waals surface area contributed by atoms with Gasteiger partial charge < -0.3 is 4.84 Å². The van der Waals surface area contributed by atoms with Crippen LogP contribution in [0, 0.1) is 0 Å². The summed E-state index contributed by atoms with van der Waals surface area (Å²) in [5.74, 6) is 0. The van der Waals surface area contributed by atoms with Gasteiger partial charge in [0.15, 0.2) is 0 Å². The van der Waals surface area contributed by atoms with Gasteiger partial charge in [-0.2, -0.15) is 0 Å². The lowest BCUT2D eigenvalue weighted by Gasteiger charge is -2.24. The molecule has 3 aromatic rings. The molecule has 8 rings (SSSR count). The zero-order valence-corrected chi connectivity index (χ0v) is 15.6. The van der Waals surface area contributed by atoms with Gasteiger partial charge in [0.1, 0.15) is 6.17 Å². The van der Waals surface area contributed by atoms with Crippen molar-refractivity contribution in [2.45, 2.75) is 31.8 Å². The van der Waals surface area contributed by atoms with Gasteiger partial charge in [-0.05, 0) is 65.6 Å². The Morgan fingerprint density at radius 1 is 0.786 bits per heavy atom. The lowest BCUT2D eigenvalue weighted by Crippen LogP contribution is -2.30. The van der Waals surface area contributed by atoms with Crippen LogP contribution in [0.1, 0.15) is 34.0 Å². The second-order valence-corrected chi connectivity index (χ2v) is 7.44. The summed E-state index contributed by atoms with van der Waals surface area (Å²) >= 11 is 0. The van der Waals surface area contributed by atoms with Crippen LogP contribution in [0.25, 0.3) is 0 Å². The molecule has 0 aromatic heterocycles. The smallest absolute Gasteiger partial charge is 0.351 e. The van der Waals surface area contributed by atoms with Crippen LogP contribution < -0.4 is 10.4 Å². The molecule has 1 atom stereocenters. The SMILES string of the molecule is O=C1ON[C@@H](c2cc3ccc2CCc2ccc(cc2)CC3)N1c1ccccc1. The van der Waals surface area contributed by atoms with E-state index in [2.05, 4.69) is 47.9 Å². The molecule has 4 bridgehead atoms. The fraction of sp³-hybridized carbons (Fsp3) is 0.208. The van der Waals surface area contributed by atoms with Gasteiger partial charge in [0.05, 0.1) is 0 Å². The highest BCUT2D eigenvalue weighted by Crippen LogP contribution is 2.33. The van der Waals surface area contributed by atoms with Gasteiger partial charge >= 0.3 is 6.09 Å². The van der Waals surface area contributed by atoms with Crippen LogP contribution in [0.5, 0.6) is 0 Å². The van der Waals surface area contributed by atoms with E-state index in [1.54, 1.807) is 4.90 Å². The van der Waals surface area contributed by atoms with E-state index in [1.165, 1.54) is 22.3 Å². The predicted molar refractivity (Wildman–Crippen MR) is 109 cm³/mol. The normalized spacial score (nSPS) is 18.6. The Morgan fingerprint density at radius 2 is 1.43 bits per heavy atom. The Bertz CT molecular complexity index is 999. The maximum absolute atomic E-state index is 12.5. The summed E-state index contributed by atoms with van der Waals surface area (Å²) in [6, 6.07) is 25.3. The van der Waals surface area contributed by atoms with Gasteiger partial charge in [0.25, 0.3) is 0 Å². The van der Waals surface area contributed by atoms with Crippen molar-refractivity contribution in [1.29, 1.82) is 0 Å². The van der Waals surface area contributed by atoms with Gasteiger partial charge in [-0.25, -0.2) is 4.79 Å². The number of benzene rings is 3. The first-order valence-corrected chi connectivity index (χ1v) is 9.78. The molecule has 4 heteroatoms. The van der Waals surface area contributed by atoms with Crippen molar-refractivity contribution in [2.24, 2.45) is 0 Å². The van der Waals surface area contributed by atoms with Gasteiger partial charge in [0, 0.05) is 5.69 Å². The first kappa shape index (κ1) is 17.0. The molecule has 0 spiro atoms. The zero-order chi connectivity index (χ0) is 18.9. The first-order chi connectivity index (χ1) is 13.8. The van der Waals surface area contributed by atoms with Crippen molar-refractivity contribution >= 4 is 11.8 Å². The molecular weight excluding hydrogens is 348 g/mol. The van der Waals surface area contributed by atoms with E-state index in [0.29, 0.717) is 0 Å². The quantitative estimate of drug-likeness (QED) is 0.709. The Balaban J connectivity index is 1.55. The van der Waals surface area contributed by atoms with Crippen LogP contribution in [0.4, 0.5) is 10.5 Å². The van der Waals surface area contributed by atoms with Crippen LogP contribution in [-0.2, 0) is 30.5 Å². The monoisotopic (exact) mass is 370 g/mol. The van der Waals surface area contributed by atoms with Crippen LogP contribution in [0.15, 0.2) is 72.8 Å². The summed E-state index contributed by atoms with van der Waals surface area (Å²) in [6.45, 7) is 0. The van der Waals surface area contributed by atoms with E-state index in [1.807, 2.05) is 30.3 Å². The third-order valence-corrected chi connectivity index (χ3v) is 5.66. The molecule has 1 N–H and O–H groups in total. The molecule has 5 aliphatic rings. The van der Waals surface area contributed by atoms with Crippen LogP contribution >= 0.6 is 0 Å². The van der Waals surface area contributed by atoms with Gasteiger partial charge in [-0.1, -0.05) is 60.7 Å². The molecule has 1 amide bonds. The minimum absolute atomic E-state index is 0.325. The number of carbonyl (C=O) groups excluding carboxylic acids is 1. The highest BCUT2D eigenvalue weighted by molar-refractivity contribution is 5.90. The average Bonchev–Trinajstić information content (AvgIpc) is 3.12. The molecule has 1 saturated heterocycles. The largest absolute Gasteiger partial charge is 0.435 e. The minimum atomic E-state index is -0.372. The summed E-state index contributed by atoms with van der Waals surface area (Å²) < 4.78 is 0.